The molecule has 148 valence electrons. The predicted molar refractivity (Wildman–Crippen MR) is 94.1 cm³/mol. The van der Waals surface area contributed by atoms with E-state index >= 15 is 0 Å². The zero-order chi connectivity index (χ0) is 19.2. The first-order valence-electron chi connectivity index (χ1n) is 8.23. The molecule has 0 aromatic heterocycles. The molecule has 0 saturated carbocycles. The van der Waals surface area contributed by atoms with E-state index in [1.165, 1.54) is 14.2 Å². The van der Waals surface area contributed by atoms with Gasteiger partial charge in [-0.2, -0.15) is 0 Å². The summed E-state index contributed by atoms with van der Waals surface area (Å²) in [7, 11) is 0.526. The minimum atomic E-state index is -3.61. The number of rotatable bonds is 10. The number of hydrogen-bond acceptors (Lipinski definition) is 8. The summed E-state index contributed by atoms with van der Waals surface area (Å²) >= 11 is 0. The van der Waals surface area contributed by atoms with Gasteiger partial charge in [-0.3, -0.25) is 13.6 Å². The highest BCUT2D eigenvalue weighted by Crippen LogP contribution is 2.47. The van der Waals surface area contributed by atoms with Gasteiger partial charge in [-0.15, -0.1) is 0 Å². The third-order valence-corrected chi connectivity index (χ3v) is 5.27. The molecule has 0 amide bonds. The number of phosphoric ester groups is 1. The molecule has 0 unspecified atom stereocenters. The van der Waals surface area contributed by atoms with Gasteiger partial charge in [0, 0.05) is 14.2 Å². The summed E-state index contributed by atoms with van der Waals surface area (Å²) in [6.07, 6.45) is -0.886. The van der Waals surface area contributed by atoms with Gasteiger partial charge >= 0.3 is 7.82 Å². The fourth-order valence-electron chi connectivity index (χ4n) is 2.43. The van der Waals surface area contributed by atoms with Crippen molar-refractivity contribution in [2.75, 3.05) is 34.5 Å². The summed E-state index contributed by atoms with van der Waals surface area (Å²) in [5.41, 5.74) is 0.954. The molecule has 2 atom stereocenters. The molecule has 1 aromatic rings. The SMILES string of the molecule is COc1ccc(CO[C@@H](COP(=O)(OC)OC)[C@@H]2COC(C)(C)O2)cc1. The van der Waals surface area contributed by atoms with E-state index in [1.54, 1.807) is 7.11 Å². The summed E-state index contributed by atoms with van der Waals surface area (Å²) in [4.78, 5) is 0. The number of methoxy groups -OCH3 is 1. The number of ether oxygens (including phenoxy) is 4. The van der Waals surface area contributed by atoms with Crippen molar-refractivity contribution >= 4 is 7.82 Å². The Morgan fingerprint density at radius 3 is 2.35 bits per heavy atom. The Morgan fingerprint density at radius 2 is 1.85 bits per heavy atom. The van der Waals surface area contributed by atoms with Crippen LogP contribution < -0.4 is 4.74 Å². The van der Waals surface area contributed by atoms with Gasteiger partial charge in [0.1, 0.15) is 18.0 Å². The lowest BCUT2D eigenvalue weighted by Crippen LogP contribution is -2.36. The van der Waals surface area contributed by atoms with E-state index in [1.807, 2.05) is 38.1 Å². The van der Waals surface area contributed by atoms with Crippen LogP contribution in [-0.4, -0.2) is 52.5 Å². The second kappa shape index (κ2) is 9.28. The van der Waals surface area contributed by atoms with Gasteiger partial charge < -0.3 is 18.9 Å². The van der Waals surface area contributed by atoms with E-state index in [9.17, 15) is 4.57 Å². The molecular weight excluding hydrogens is 363 g/mol. The van der Waals surface area contributed by atoms with Crippen molar-refractivity contribution in [2.45, 2.75) is 38.4 Å². The molecule has 0 radical (unpaired) electrons. The Morgan fingerprint density at radius 1 is 1.19 bits per heavy atom. The Kier molecular flexibility index (Phi) is 7.61. The smallest absolute Gasteiger partial charge is 0.474 e. The molecule has 0 aliphatic carbocycles. The van der Waals surface area contributed by atoms with Crippen LogP contribution in [0.1, 0.15) is 19.4 Å². The fourth-order valence-corrected chi connectivity index (χ4v) is 3.12. The molecule has 0 N–H and O–H groups in total. The summed E-state index contributed by atoms with van der Waals surface area (Å²) in [5, 5.41) is 0. The van der Waals surface area contributed by atoms with Gasteiger partial charge in [-0.25, -0.2) is 4.57 Å². The molecule has 1 heterocycles. The second-order valence-electron chi connectivity index (χ2n) is 6.17. The largest absolute Gasteiger partial charge is 0.497 e. The van der Waals surface area contributed by atoms with Gasteiger partial charge in [0.15, 0.2) is 5.79 Å². The minimum Gasteiger partial charge on any atom is -0.497 e. The van der Waals surface area contributed by atoms with Crippen molar-refractivity contribution in [2.24, 2.45) is 0 Å². The van der Waals surface area contributed by atoms with Crippen LogP contribution in [0, 0.1) is 0 Å². The lowest BCUT2D eigenvalue weighted by atomic mass is 10.2. The summed E-state index contributed by atoms with van der Waals surface area (Å²) < 4.78 is 49.6. The second-order valence-corrected chi connectivity index (χ2v) is 8.06. The van der Waals surface area contributed by atoms with Crippen LogP contribution in [0.4, 0.5) is 0 Å². The van der Waals surface area contributed by atoms with E-state index in [-0.39, 0.29) is 12.7 Å². The first-order valence-corrected chi connectivity index (χ1v) is 9.69. The zero-order valence-electron chi connectivity index (χ0n) is 15.8. The quantitative estimate of drug-likeness (QED) is 0.564. The normalized spacial score (nSPS) is 20.9. The minimum absolute atomic E-state index is 0.0286. The van der Waals surface area contributed by atoms with E-state index in [2.05, 4.69) is 0 Å². The Labute approximate surface area is 154 Å². The summed E-state index contributed by atoms with van der Waals surface area (Å²) in [6, 6.07) is 7.52. The molecule has 1 fully saturated rings. The molecule has 9 heteroatoms. The molecule has 1 aromatic carbocycles. The van der Waals surface area contributed by atoms with Gasteiger partial charge in [0.05, 0.1) is 26.9 Å². The van der Waals surface area contributed by atoms with Crippen molar-refractivity contribution in [1.29, 1.82) is 0 Å². The average Bonchev–Trinajstić information content (AvgIpc) is 3.01. The Balaban J connectivity index is 2.01. The maximum absolute atomic E-state index is 12.1. The van der Waals surface area contributed by atoms with Gasteiger partial charge in [-0.05, 0) is 31.5 Å². The molecule has 1 aliphatic heterocycles. The van der Waals surface area contributed by atoms with E-state index in [0.717, 1.165) is 11.3 Å². The Bertz CT molecular complexity index is 595. The zero-order valence-corrected chi connectivity index (χ0v) is 16.7. The molecule has 0 spiro atoms. The van der Waals surface area contributed by atoms with Crippen LogP contribution in [0.3, 0.4) is 0 Å². The monoisotopic (exact) mass is 390 g/mol. The van der Waals surface area contributed by atoms with Crippen molar-refractivity contribution in [3.63, 3.8) is 0 Å². The van der Waals surface area contributed by atoms with Crippen molar-refractivity contribution in [1.82, 2.24) is 0 Å². The molecule has 2 rings (SSSR count). The fraction of sp³-hybridized carbons (Fsp3) is 0.647. The molecular formula is C17H27O8P. The van der Waals surface area contributed by atoms with E-state index in [4.69, 9.17) is 32.5 Å². The standard InChI is InChI=1S/C17H27O8P/c1-17(2)23-11-16(25-17)15(12-24-26(18,20-4)21-5)22-10-13-6-8-14(19-3)9-7-13/h6-9,15-16H,10-12H2,1-5H3/t15-,16-/m0/s1. The summed E-state index contributed by atoms with van der Waals surface area (Å²) in [6.45, 7) is 4.28. The Hall–Kier alpha value is -0.990. The van der Waals surface area contributed by atoms with Crippen molar-refractivity contribution < 1.29 is 37.1 Å². The molecule has 1 aliphatic rings. The number of phosphoric acid groups is 1. The highest BCUT2D eigenvalue weighted by Gasteiger charge is 2.39. The van der Waals surface area contributed by atoms with Crippen molar-refractivity contribution in [3.8, 4) is 5.75 Å². The summed E-state index contributed by atoms with van der Waals surface area (Å²) in [5.74, 6) is 0.0579. The van der Waals surface area contributed by atoms with Gasteiger partial charge in [-0.1, -0.05) is 12.1 Å². The highest BCUT2D eigenvalue weighted by atomic mass is 31.2. The van der Waals surface area contributed by atoms with Gasteiger partial charge in [0.25, 0.3) is 0 Å². The number of benzene rings is 1. The van der Waals surface area contributed by atoms with Crippen LogP contribution in [-0.2, 0) is 39.0 Å². The van der Waals surface area contributed by atoms with Crippen LogP contribution in [0.5, 0.6) is 5.75 Å². The van der Waals surface area contributed by atoms with Crippen LogP contribution in [0.2, 0.25) is 0 Å². The van der Waals surface area contributed by atoms with Gasteiger partial charge in [0.2, 0.25) is 0 Å². The maximum atomic E-state index is 12.1. The number of hydrogen-bond donors (Lipinski definition) is 0. The lowest BCUT2D eigenvalue weighted by Gasteiger charge is -2.25. The maximum Gasteiger partial charge on any atom is 0.474 e. The average molecular weight is 390 g/mol. The molecule has 26 heavy (non-hydrogen) atoms. The first-order chi connectivity index (χ1) is 12.3. The third-order valence-electron chi connectivity index (χ3n) is 3.91. The van der Waals surface area contributed by atoms with Crippen LogP contribution in [0.25, 0.3) is 0 Å². The topological polar surface area (TPSA) is 81.7 Å². The molecule has 0 bridgehead atoms. The van der Waals surface area contributed by atoms with E-state index in [0.29, 0.717) is 13.2 Å². The molecule has 8 nitrogen and oxygen atoms in total. The van der Waals surface area contributed by atoms with Crippen LogP contribution >= 0.6 is 7.82 Å². The first kappa shape index (κ1) is 21.3. The highest BCUT2D eigenvalue weighted by molar-refractivity contribution is 7.48. The van der Waals surface area contributed by atoms with Crippen LogP contribution in [0.15, 0.2) is 24.3 Å². The lowest BCUT2D eigenvalue weighted by molar-refractivity contribution is -0.161. The molecule has 1 saturated heterocycles. The predicted octanol–water partition coefficient (Wildman–Crippen LogP) is 3.15. The third kappa shape index (κ3) is 6.03. The van der Waals surface area contributed by atoms with Crippen molar-refractivity contribution in [3.05, 3.63) is 29.8 Å². The van der Waals surface area contributed by atoms with E-state index < -0.39 is 19.7 Å².